The Labute approximate surface area is 99.0 Å². The third-order valence-corrected chi connectivity index (χ3v) is 3.28. The van der Waals surface area contributed by atoms with Gasteiger partial charge in [0.25, 0.3) is 0 Å². The Morgan fingerprint density at radius 3 is 2.75 bits per heavy atom. The molecule has 1 atom stereocenters. The first-order valence-corrected chi connectivity index (χ1v) is 6.28. The summed E-state index contributed by atoms with van der Waals surface area (Å²) in [5.74, 6) is 0.816. The lowest BCUT2D eigenvalue weighted by atomic mass is 9.97. The highest BCUT2D eigenvalue weighted by molar-refractivity contribution is 4.72. The van der Waals surface area contributed by atoms with Gasteiger partial charge in [-0.3, -0.25) is 0 Å². The van der Waals surface area contributed by atoms with Gasteiger partial charge in [0.1, 0.15) is 0 Å². The van der Waals surface area contributed by atoms with Gasteiger partial charge < -0.3 is 20.1 Å². The molecule has 0 saturated carbocycles. The molecule has 96 valence electrons. The van der Waals surface area contributed by atoms with Crippen molar-refractivity contribution in [1.82, 2.24) is 10.2 Å². The summed E-state index contributed by atoms with van der Waals surface area (Å²) in [5, 5.41) is 12.9. The minimum atomic E-state index is -0.324. The number of hydrogen-bond acceptors (Lipinski definition) is 4. The van der Waals surface area contributed by atoms with Crippen LogP contribution in [0.1, 0.15) is 19.3 Å². The first-order valence-electron chi connectivity index (χ1n) is 6.28. The molecule has 1 saturated heterocycles. The fourth-order valence-electron chi connectivity index (χ4n) is 2.12. The van der Waals surface area contributed by atoms with E-state index in [2.05, 4.69) is 17.3 Å². The molecule has 0 aliphatic carbocycles. The molecular weight excluding hydrogens is 204 g/mol. The Balaban J connectivity index is 1.95. The maximum absolute atomic E-state index is 9.45. The maximum Gasteiger partial charge on any atom is 0.0785 e. The summed E-state index contributed by atoms with van der Waals surface area (Å²) in [5.41, 5.74) is 0. The molecule has 4 heteroatoms. The zero-order valence-corrected chi connectivity index (χ0v) is 10.6. The quantitative estimate of drug-likeness (QED) is 0.618. The van der Waals surface area contributed by atoms with Crippen LogP contribution in [0, 0.1) is 5.92 Å². The van der Waals surface area contributed by atoms with Gasteiger partial charge in [0.2, 0.25) is 0 Å². The van der Waals surface area contributed by atoms with E-state index in [1.807, 2.05) is 0 Å². The molecule has 0 amide bonds. The zero-order valence-electron chi connectivity index (χ0n) is 10.6. The normalized spacial score (nSPS) is 21.2. The molecule has 0 aromatic carbocycles. The highest BCUT2D eigenvalue weighted by Gasteiger charge is 2.15. The van der Waals surface area contributed by atoms with E-state index in [1.165, 1.54) is 25.9 Å². The second kappa shape index (κ2) is 8.01. The summed E-state index contributed by atoms with van der Waals surface area (Å²) in [6.07, 6.45) is 3.05. The van der Waals surface area contributed by atoms with E-state index in [0.29, 0.717) is 6.61 Å². The first kappa shape index (κ1) is 13.9. The third-order valence-electron chi connectivity index (χ3n) is 3.28. The van der Waals surface area contributed by atoms with Crippen molar-refractivity contribution in [3.8, 4) is 0 Å². The second-order valence-corrected chi connectivity index (χ2v) is 4.85. The molecule has 1 heterocycles. The number of rotatable bonds is 7. The van der Waals surface area contributed by atoms with Crippen LogP contribution in [-0.4, -0.2) is 63.1 Å². The summed E-state index contributed by atoms with van der Waals surface area (Å²) in [6.45, 7) is 4.86. The van der Waals surface area contributed by atoms with E-state index in [9.17, 15) is 5.11 Å². The highest BCUT2D eigenvalue weighted by atomic mass is 16.5. The van der Waals surface area contributed by atoms with Gasteiger partial charge in [-0.1, -0.05) is 0 Å². The zero-order chi connectivity index (χ0) is 11.8. The van der Waals surface area contributed by atoms with E-state index >= 15 is 0 Å². The minimum Gasteiger partial charge on any atom is -0.391 e. The van der Waals surface area contributed by atoms with E-state index in [1.54, 1.807) is 7.11 Å². The van der Waals surface area contributed by atoms with Gasteiger partial charge in [0.05, 0.1) is 12.7 Å². The smallest absolute Gasteiger partial charge is 0.0785 e. The Kier molecular flexibility index (Phi) is 6.96. The molecular formula is C12H26N2O2. The number of nitrogens with zero attached hydrogens (tertiary/aromatic N) is 1. The fourth-order valence-corrected chi connectivity index (χ4v) is 2.12. The van der Waals surface area contributed by atoms with E-state index < -0.39 is 0 Å². The maximum atomic E-state index is 9.45. The van der Waals surface area contributed by atoms with Crippen LogP contribution >= 0.6 is 0 Å². The van der Waals surface area contributed by atoms with Crippen LogP contribution in [0.5, 0.6) is 0 Å². The molecule has 16 heavy (non-hydrogen) atoms. The summed E-state index contributed by atoms with van der Waals surface area (Å²) in [7, 11) is 3.81. The van der Waals surface area contributed by atoms with Crippen LogP contribution in [0.3, 0.4) is 0 Å². The standard InChI is InChI=1S/C12H26N2O2/c1-14-7-4-11(5-8-14)9-13-6-3-12(15)10-16-2/h11-13,15H,3-10H2,1-2H3. The van der Waals surface area contributed by atoms with Gasteiger partial charge in [-0.15, -0.1) is 0 Å². The minimum absolute atomic E-state index is 0.324. The summed E-state index contributed by atoms with van der Waals surface area (Å²) in [6, 6.07) is 0. The van der Waals surface area contributed by atoms with Crippen LogP contribution in [0.15, 0.2) is 0 Å². The number of aliphatic hydroxyl groups excluding tert-OH is 1. The molecule has 1 aliphatic rings. The molecule has 1 rings (SSSR count). The summed E-state index contributed by atoms with van der Waals surface area (Å²) >= 11 is 0. The topological polar surface area (TPSA) is 44.7 Å². The lowest BCUT2D eigenvalue weighted by Crippen LogP contribution is -2.35. The van der Waals surface area contributed by atoms with Crippen molar-refractivity contribution in [2.45, 2.75) is 25.4 Å². The number of piperidine rings is 1. The lowest BCUT2D eigenvalue weighted by molar-refractivity contribution is 0.0591. The van der Waals surface area contributed by atoms with Gasteiger partial charge >= 0.3 is 0 Å². The van der Waals surface area contributed by atoms with Crippen LogP contribution in [0.2, 0.25) is 0 Å². The van der Waals surface area contributed by atoms with Crippen LogP contribution in [0.25, 0.3) is 0 Å². The number of methoxy groups -OCH3 is 1. The molecule has 0 spiro atoms. The number of aliphatic hydroxyl groups is 1. The van der Waals surface area contributed by atoms with E-state index in [-0.39, 0.29) is 6.10 Å². The molecule has 0 aromatic heterocycles. The average molecular weight is 230 g/mol. The predicted octanol–water partition coefficient (Wildman–Crippen LogP) is 0.315. The fraction of sp³-hybridized carbons (Fsp3) is 1.00. The van der Waals surface area contributed by atoms with Crippen molar-refractivity contribution >= 4 is 0 Å². The number of ether oxygens (including phenoxy) is 1. The van der Waals surface area contributed by atoms with Crippen LogP contribution in [-0.2, 0) is 4.74 Å². The first-order chi connectivity index (χ1) is 7.72. The summed E-state index contributed by atoms with van der Waals surface area (Å²) < 4.78 is 4.88. The molecule has 1 fully saturated rings. The molecule has 0 aromatic rings. The largest absolute Gasteiger partial charge is 0.391 e. The molecule has 1 aliphatic heterocycles. The van der Waals surface area contributed by atoms with Crippen molar-refractivity contribution < 1.29 is 9.84 Å². The van der Waals surface area contributed by atoms with Crippen molar-refractivity contribution in [2.75, 3.05) is 46.9 Å². The Hall–Kier alpha value is -0.160. The number of nitrogens with one attached hydrogen (secondary N) is 1. The molecule has 4 nitrogen and oxygen atoms in total. The van der Waals surface area contributed by atoms with Gasteiger partial charge in [-0.2, -0.15) is 0 Å². The van der Waals surface area contributed by atoms with Crippen molar-refractivity contribution in [3.05, 3.63) is 0 Å². The molecule has 0 bridgehead atoms. The number of likely N-dealkylation sites (tertiary alicyclic amines) is 1. The van der Waals surface area contributed by atoms with Gasteiger partial charge in [0, 0.05) is 7.11 Å². The summed E-state index contributed by atoms with van der Waals surface area (Å²) in [4.78, 5) is 2.39. The Bertz CT molecular complexity index is 170. The average Bonchev–Trinajstić information content (AvgIpc) is 2.27. The molecule has 1 unspecified atom stereocenters. The third kappa shape index (κ3) is 5.80. The Morgan fingerprint density at radius 1 is 1.44 bits per heavy atom. The van der Waals surface area contributed by atoms with E-state index in [0.717, 1.165) is 25.4 Å². The monoisotopic (exact) mass is 230 g/mol. The van der Waals surface area contributed by atoms with Crippen molar-refractivity contribution in [1.29, 1.82) is 0 Å². The predicted molar refractivity (Wildman–Crippen MR) is 65.6 cm³/mol. The molecule has 0 radical (unpaired) electrons. The second-order valence-electron chi connectivity index (χ2n) is 4.85. The van der Waals surface area contributed by atoms with Crippen LogP contribution in [0.4, 0.5) is 0 Å². The van der Waals surface area contributed by atoms with Crippen molar-refractivity contribution in [3.63, 3.8) is 0 Å². The van der Waals surface area contributed by atoms with Gasteiger partial charge in [-0.05, 0) is 58.4 Å². The Morgan fingerprint density at radius 2 is 2.12 bits per heavy atom. The SMILES string of the molecule is COCC(O)CCNCC1CCN(C)CC1. The highest BCUT2D eigenvalue weighted by Crippen LogP contribution is 2.14. The number of hydrogen-bond donors (Lipinski definition) is 2. The van der Waals surface area contributed by atoms with Gasteiger partial charge in [-0.25, -0.2) is 0 Å². The van der Waals surface area contributed by atoms with E-state index in [4.69, 9.17) is 4.74 Å². The lowest BCUT2D eigenvalue weighted by Gasteiger charge is -2.29. The van der Waals surface area contributed by atoms with Crippen LogP contribution < -0.4 is 5.32 Å². The van der Waals surface area contributed by atoms with Gasteiger partial charge in [0.15, 0.2) is 0 Å². The molecule has 2 N–H and O–H groups in total. The van der Waals surface area contributed by atoms with Crippen molar-refractivity contribution in [2.24, 2.45) is 5.92 Å².